The molecule has 19 heavy (non-hydrogen) atoms. The van der Waals surface area contributed by atoms with Gasteiger partial charge in [-0.05, 0) is 59.2 Å². The predicted octanol–water partition coefficient (Wildman–Crippen LogP) is 2.59. The summed E-state index contributed by atoms with van der Waals surface area (Å²) in [6, 6.07) is 0.254. The Morgan fingerprint density at radius 2 is 1.95 bits per heavy atom. The van der Waals surface area contributed by atoms with Crippen LogP contribution in [0.5, 0.6) is 0 Å². The number of carboxylic acid groups (broad SMARTS) is 1. The molecule has 0 saturated heterocycles. The molecule has 0 spiro atoms. The Kier molecular flexibility index (Phi) is 8.26. The van der Waals surface area contributed by atoms with E-state index in [-0.39, 0.29) is 6.04 Å². The molecule has 4 nitrogen and oxygen atoms in total. The van der Waals surface area contributed by atoms with E-state index in [9.17, 15) is 9.90 Å². The SMILES string of the molecule is CCCNC(C)(CC(C)N(C)CCC(C)C)C(=O)O. The van der Waals surface area contributed by atoms with E-state index in [1.54, 1.807) is 6.92 Å². The Bertz CT molecular complexity index is 269. The molecule has 114 valence electrons. The minimum Gasteiger partial charge on any atom is -0.480 e. The van der Waals surface area contributed by atoms with Gasteiger partial charge in [-0.15, -0.1) is 0 Å². The zero-order valence-electron chi connectivity index (χ0n) is 13.5. The quantitative estimate of drug-likeness (QED) is 0.642. The lowest BCUT2D eigenvalue weighted by atomic mass is 9.92. The zero-order valence-corrected chi connectivity index (χ0v) is 13.5. The Hall–Kier alpha value is -0.610. The third-order valence-electron chi connectivity index (χ3n) is 3.75. The molecular formula is C15H32N2O2. The normalized spacial score (nSPS) is 16.6. The number of nitrogens with one attached hydrogen (secondary N) is 1. The van der Waals surface area contributed by atoms with Crippen LogP contribution in [-0.2, 0) is 4.79 Å². The maximum absolute atomic E-state index is 11.5. The van der Waals surface area contributed by atoms with Crippen LogP contribution in [0.2, 0.25) is 0 Å². The summed E-state index contributed by atoms with van der Waals surface area (Å²) in [6.45, 7) is 12.1. The van der Waals surface area contributed by atoms with Crippen LogP contribution < -0.4 is 5.32 Å². The summed E-state index contributed by atoms with van der Waals surface area (Å²) < 4.78 is 0. The first-order valence-electron chi connectivity index (χ1n) is 7.41. The van der Waals surface area contributed by atoms with Crippen molar-refractivity contribution in [3.05, 3.63) is 0 Å². The highest BCUT2D eigenvalue weighted by molar-refractivity contribution is 5.78. The van der Waals surface area contributed by atoms with Crippen molar-refractivity contribution in [3.8, 4) is 0 Å². The van der Waals surface area contributed by atoms with Crippen LogP contribution in [0.1, 0.15) is 53.9 Å². The minimum absolute atomic E-state index is 0.254. The molecule has 0 aromatic carbocycles. The van der Waals surface area contributed by atoms with Crippen molar-refractivity contribution in [1.82, 2.24) is 10.2 Å². The van der Waals surface area contributed by atoms with Crippen molar-refractivity contribution < 1.29 is 9.90 Å². The predicted molar refractivity (Wildman–Crippen MR) is 80.5 cm³/mol. The van der Waals surface area contributed by atoms with Gasteiger partial charge in [0, 0.05) is 6.04 Å². The second-order valence-corrected chi connectivity index (χ2v) is 6.28. The molecule has 0 aliphatic carbocycles. The average molecular weight is 272 g/mol. The summed E-state index contributed by atoms with van der Waals surface area (Å²) in [7, 11) is 2.08. The molecule has 2 N–H and O–H groups in total. The molecule has 0 aromatic rings. The van der Waals surface area contributed by atoms with Gasteiger partial charge in [-0.25, -0.2) is 0 Å². The Morgan fingerprint density at radius 3 is 2.37 bits per heavy atom. The lowest BCUT2D eigenvalue weighted by Gasteiger charge is -2.33. The first-order valence-corrected chi connectivity index (χ1v) is 7.41. The van der Waals surface area contributed by atoms with Crippen LogP contribution in [0.15, 0.2) is 0 Å². The smallest absolute Gasteiger partial charge is 0.323 e. The number of hydrogen-bond donors (Lipinski definition) is 2. The highest BCUT2D eigenvalue weighted by Crippen LogP contribution is 2.17. The van der Waals surface area contributed by atoms with Crippen LogP contribution >= 0.6 is 0 Å². The fourth-order valence-electron chi connectivity index (χ4n) is 2.06. The second kappa shape index (κ2) is 8.54. The van der Waals surface area contributed by atoms with Crippen molar-refractivity contribution in [1.29, 1.82) is 0 Å². The largest absolute Gasteiger partial charge is 0.480 e. The van der Waals surface area contributed by atoms with Gasteiger partial charge in [0.1, 0.15) is 5.54 Å². The Morgan fingerprint density at radius 1 is 1.37 bits per heavy atom. The maximum Gasteiger partial charge on any atom is 0.323 e. The molecule has 0 saturated carbocycles. The van der Waals surface area contributed by atoms with Crippen LogP contribution in [0, 0.1) is 5.92 Å². The van der Waals surface area contributed by atoms with Crippen molar-refractivity contribution >= 4 is 5.97 Å². The number of nitrogens with zero attached hydrogens (tertiary/aromatic N) is 1. The van der Waals surface area contributed by atoms with Gasteiger partial charge in [0.25, 0.3) is 0 Å². The van der Waals surface area contributed by atoms with Crippen molar-refractivity contribution in [2.45, 2.75) is 65.5 Å². The number of rotatable bonds is 10. The molecule has 0 aromatic heterocycles. The fraction of sp³-hybridized carbons (Fsp3) is 0.933. The molecule has 0 radical (unpaired) electrons. The van der Waals surface area contributed by atoms with Gasteiger partial charge in [-0.3, -0.25) is 4.79 Å². The maximum atomic E-state index is 11.5. The van der Waals surface area contributed by atoms with Gasteiger partial charge in [0.15, 0.2) is 0 Å². The molecule has 0 amide bonds. The summed E-state index contributed by atoms with van der Waals surface area (Å²) in [5.74, 6) is -0.0798. The average Bonchev–Trinajstić information content (AvgIpc) is 2.32. The summed E-state index contributed by atoms with van der Waals surface area (Å²) in [6.07, 6.45) is 2.71. The van der Waals surface area contributed by atoms with E-state index in [0.29, 0.717) is 12.3 Å². The minimum atomic E-state index is -0.832. The number of hydrogen-bond acceptors (Lipinski definition) is 3. The molecule has 0 aliphatic heterocycles. The molecule has 2 unspecified atom stereocenters. The Labute approximate surface area is 118 Å². The van der Waals surface area contributed by atoms with E-state index in [1.807, 2.05) is 6.92 Å². The van der Waals surface area contributed by atoms with Gasteiger partial charge < -0.3 is 15.3 Å². The lowest BCUT2D eigenvalue weighted by molar-refractivity contribution is -0.145. The van der Waals surface area contributed by atoms with E-state index in [0.717, 1.165) is 25.9 Å². The molecule has 4 heteroatoms. The molecule has 0 heterocycles. The Balaban J connectivity index is 4.45. The lowest BCUT2D eigenvalue weighted by Crippen LogP contribution is -2.53. The highest BCUT2D eigenvalue weighted by atomic mass is 16.4. The molecule has 2 atom stereocenters. The van der Waals surface area contributed by atoms with E-state index in [2.05, 4.69) is 38.0 Å². The first-order chi connectivity index (χ1) is 8.73. The van der Waals surface area contributed by atoms with Crippen LogP contribution in [-0.4, -0.2) is 47.7 Å². The zero-order chi connectivity index (χ0) is 15.1. The van der Waals surface area contributed by atoms with E-state index < -0.39 is 11.5 Å². The van der Waals surface area contributed by atoms with Gasteiger partial charge in [-0.2, -0.15) is 0 Å². The van der Waals surface area contributed by atoms with Crippen LogP contribution in [0.4, 0.5) is 0 Å². The van der Waals surface area contributed by atoms with Crippen molar-refractivity contribution in [2.75, 3.05) is 20.1 Å². The van der Waals surface area contributed by atoms with Crippen LogP contribution in [0.25, 0.3) is 0 Å². The van der Waals surface area contributed by atoms with E-state index in [1.165, 1.54) is 0 Å². The summed E-state index contributed by atoms with van der Waals surface area (Å²) in [4.78, 5) is 13.7. The standard InChI is InChI=1S/C15H32N2O2/c1-7-9-16-15(5,14(18)19)11-13(4)17(6)10-8-12(2)3/h12-13,16H,7-11H2,1-6H3,(H,18,19). The fourth-order valence-corrected chi connectivity index (χ4v) is 2.06. The van der Waals surface area contributed by atoms with E-state index in [4.69, 9.17) is 0 Å². The summed E-state index contributed by atoms with van der Waals surface area (Å²) in [5.41, 5.74) is -0.832. The third-order valence-corrected chi connectivity index (χ3v) is 3.75. The van der Waals surface area contributed by atoms with Crippen LogP contribution in [0.3, 0.4) is 0 Å². The number of carboxylic acids is 1. The van der Waals surface area contributed by atoms with Gasteiger partial charge >= 0.3 is 5.97 Å². The van der Waals surface area contributed by atoms with E-state index >= 15 is 0 Å². The van der Waals surface area contributed by atoms with Gasteiger partial charge in [0.05, 0.1) is 0 Å². The summed E-state index contributed by atoms with van der Waals surface area (Å²) >= 11 is 0. The summed E-state index contributed by atoms with van der Waals surface area (Å²) in [5, 5.41) is 12.6. The molecule has 0 bridgehead atoms. The van der Waals surface area contributed by atoms with Crippen molar-refractivity contribution in [3.63, 3.8) is 0 Å². The third kappa shape index (κ3) is 6.92. The molecule has 0 fully saturated rings. The number of carbonyl (C=O) groups is 1. The van der Waals surface area contributed by atoms with Gasteiger partial charge in [-0.1, -0.05) is 20.8 Å². The molecular weight excluding hydrogens is 240 g/mol. The second-order valence-electron chi connectivity index (χ2n) is 6.28. The first kappa shape index (κ1) is 18.4. The molecule has 0 aliphatic rings. The molecule has 0 rings (SSSR count). The van der Waals surface area contributed by atoms with Crippen molar-refractivity contribution in [2.24, 2.45) is 5.92 Å². The highest BCUT2D eigenvalue weighted by Gasteiger charge is 2.34. The van der Waals surface area contributed by atoms with Gasteiger partial charge in [0.2, 0.25) is 0 Å². The number of aliphatic carboxylic acids is 1. The topological polar surface area (TPSA) is 52.6 Å². The monoisotopic (exact) mass is 272 g/mol.